The second-order valence-electron chi connectivity index (χ2n) is 3.13. The molecule has 0 atom stereocenters. The first-order chi connectivity index (χ1) is 7.21. The molecule has 15 heavy (non-hydrogen) atoms. The third kappa shape index (κ3) is 2.90. The van der Waals surface area contributed by atoms with Gasteiger partial charge in [0.15, 0.2) is 0 Å². The van der Waals surface area contributed by atoms with Crippen LogP contribution in [0.2, 0.25) is 0 Å². The summed E-state index contributed by atoms with van der Waals surface area (Å²) in [6.45, 7) is 2.25. The zero-order chi connectivity index (χ0) is 11.3. The van der Waals surface area contributed by atoms with Crippen molar-refractivity contribution in [2.45, 2.75) is 19.9 Å². The van der Waals surface area contributed by atoms with Gasteiger partial charge in [-0.05, 0) is 12.0 Å². The number of aromatic nitrogens is 2. The molecule has 1 rings (SSSR count). The van der Waals surface area contributed by atoms with Gasteiger partial charge in [-0.25, -0.2) is 4.39 Å². The predicted molar refractivity (Wildman–Crippen MR) is 55.1 cm³/mol. The highest BCUT2D eigenvalue weighted by atomic mass is 19.1. The molecule has 5 heteroatoms. The van der Waals surface area contributed by atoms with E-state index in [1.54, 1.807) is 17.9 Å². The molecule has 1 heterocycles. The van der Waals surface area contributed by atoms with E-state index >= 15 is 0 Å². The zero-order valence-corrected chi connectivity index (χ0v) is 8.83. The lowest BCUT2D eigenvalue weighted by atomic mass is 10.2. The summed E-state index contributed by atoms with van der Waals surface area (Å²) in [6.07, 6.45) is 4.27. The SMILES string of the molecule is CC/C(=C\F)Cn1cc(C(=O)NC)cn1. The number of allylic oxidation sites excluding steroid dienone is 1. The fourth-order valence-corrected chi connectivity index (χ4v) is 1.14. The van der Waals surface area contributed by atoms with E-state index in [0.717, 1.165) is 0 Å². The zero-order valence-electron chi connectivity index (χ0n) is 8.83. The van der Waals surface area contributed by atoms with E-state index in [9.17, 15) is 9.18 Å². The van der Waals surface area contributed by atoms with Gasteiger partial charge in [0, 0.05) is 13.2 Å². The topological polar surface area (TPSA) is 46.9 Å². The van der Waals surface area contributed by atoms with Gasteiger partial charge >= 0.3 is 0 Å². The Bertz CT molecular complexity index is 370. The molecule has 0 aliphatic carbocycles. The maximum atomic E-state index is 12.3. The lowest BCUT2D eigenvalue weighted by molar-refractivity contribution is 0.0963. The van der Waals surface area contributed by atoms with Crippen molar-refractivity contribution in [2.75, 3.05) is 7.05 Å². The molecule has 0 aromatic carbocycles. The van der Waals surface area contributed by atoms with Gasteiger partial charge in [-0.1, -0.05) is 6.92 Å². The molecule has 0 radical (unpaired) electrons. The molecule has 1 aromatic heterocycles. The van der Waals surface area contributed by atoms with Crippen LogP contribution in [0, 0.1) is 0 Å². The van der Waals surface area contributed by atoms with E-state index in [1.165, 1.54) is 6.20 Å². The summed E-state index contributed by atoms with van der Waals surface area (Å²) in [5.74, 6) is -0.191. The molecule has 4 nitrogen and oxygen atoms in total. The third-order valence-corrected chi connectivity index (χ3v) is 2.10. The number of rotatable bonds is 4. The standard InChI is InChI=1S/C10H14FN3O/c1-3-8(4-11)6-14-7-9(5-13-14)10(15)12-2/h4-5,7H,3,6H2,1-2H3,(H,12,15)/b8-4+. The molecule has 1 N–H and O–H groups in total. The minimum atomic E-state index is -0.191. The van der Waals surface area contributed by atoms with E-state index in [-0.39, 0.29) is 5.91 Å². The molecule has 0 saturated carbocycles. The van der Waals surface area contributed by atoms with Crippen molar-refractivity contribution < 1.29 is 9.18 Å². The molecule has 1 amide bonds. The Hall–Kier alpha value is -1.65. The summed E-state index contributed by atoms with van der Waals surface area (Å²) in [5, 5.41) is 6.46. The Kier molecular flexibility index (Phi) is 4.03. The highest BCUT2D eigenvalue weighted by Crippen LogP contribution is 2.06. The van der Waals surface area contributed by atoms with Crippen LogP contribution in [-0.2, 0) is 6.54 Å². The van der Waals surface area contributed by atoms with E-state index in [2.05, 4.69) is 10.4 Å². The molecule has 82 valence electrons. The van der Waals surface area contributed by atoms with Crippen molar-refractivity contribution in [1.82, 2.24) is 15.1 Å². The van der Waals surface area contributed by atoms with Crippen LogP contribution in [0.5, 0.6) is 0 Å². The molecule has 0 aliphatic heterocycles. The van der Waals surface area contributed by atoms with Gasteiger partial charge in [-0.2, -0.15) is 5.10 Å². The molecular weight excluding hydrogens is 197 g/mol. The minimum Gasteiger partial charge on any atom is -0.355 e. The van der Waals surface area contributed by atoms with Gasteiger partial charge < -0.3 is 5.32 Å². The molecule has 0 bridgehead atoms. The maximum Gasteiger partial charge on any atom is 0.254 e. The average Bonchev–Trinajstić information content (AvgIpc) is 2.73. The van der Waals surface area contributed by atoms with Crippen LogP contribution in [0.3, 0.4) is 0 Å². The number of hydrogen-bond acceptors (Lipinski definition) is 2. The van der Waals surface area contributed by atoms with E-state index in [4.69, 9.17) is 0 Å². The van der Waals surface area contributed by atoms with Crippen LogP contribution in [0.1, 0.15) is 23.7 Å². The van der Waals surface area contributed by atoms with Gasteiger partial charge in [0.1, 0.15) is 0 Å². The average molecular weight is 211 g/mol. The number of nitrogens with zero attached hydrogens (tertiary/aromatic N) is 2. The first kappa shape index (κ1) is 11.4. The van der Waals surface area contributed by atoms with E-state index < -0.39 is 0 Å². The fourth-order valence-electron chi connectivity index (χ4n) is 1.14. The van der Waals surface area contributed by atoms with Crippen molar-refractivity contribution in [2.24, 2.45) is 0 Å². The molecule has 0 spiro atoms. The summed E-state index contributed by atoms with van der Waals surface area (Å²) in [4.78, 5) is 11.2. The Morgan fingerprint density at radius 1 is 1.73 bits per heavy atom. The molecule has 0 unspecified atom stereocenters. The Balaban J connectivity index is 2.72. The number of amides is 1. The van der Waals surface area contributed by atoms with Crippen LogP contribution < -0.4 is 5.32 Å². The number of nitrogens with one attached hydrogen (secondary N) is 1. The molecular formula is C10H14FN3O. The van der Waals surface area contributed by atoms with E-state index in [1.807, 2.05) is 6.92 Å². The van der Waals surface area contributed by atoms with Crippen LogP contribution in [0.4, 0.5) is 4.39 Å². The van der Waals surface area contributed by atoms with Gasteiger partial charge in [0.2, 0.25) is 0 Å². The fraction of sp³-hybridized carbons (Fsp3) is 0.400. The lowest BCUT2D eigenvalue weighted by Crippen LogP contribution is -2.17. The summed E-state index contributed by atoms with van der Waals surface area (Å²) in [6, 6.07) is 0. The van der Waals surface area contributed by atoms with E-state index in [0.29, 0.717) is 30.4 Å². The Labute approximate surface area is 87.8 Å². The smallest absolute Gasteiger partial charge is 0.254 e. The number of carbonyl (C=O) groups excluding carboxylic acids is 1. The minimum absolute atomic E-state index is 0.191. The first-order valence-corrected chi connectivity index (χ1v) is 4.74. The number of hydrogen-bond donors (Lipinski definition) is 1. The molecule has 0 fully saturated rings. The third-order valence-electron chi connectivity index (χ3n) is 2.10. The van der Waals surface area contributed by atoms with Crippen molar-refractivity contribution in [3.63, 3.8) is 0 Å². The summed E-state index contributed by atoms with van der Waals surface area (Å²) < 4.78 is 13.8. The van der Waals surface area contributed by atoms with Crippen molar-refractivity contribution in [3.8, 4) is 0 Å². The summed E-state index contributed by atoms with van der Waals surface area (Å²) >= 11 is 0. The Morgan fingerprint density at radius 2 is 2.47 bits per heavy atom. The van der Waals surface area contributed by atoms with Gasteiger partial charge in [0.05, 0.1) is 24.6 Å². The first-order valence-electron chi connectivity index (χ1n) is 4.74. The summed E-state index contributed by atoms with van der Waals surface area (Å²) in [7, 11) is 1.55. The summed E-state index contributed by atoms with van der Waals surface area (Å²) in [5.41, 5.74) is 1.12. The predicted octanol–water partition coefficient (Wildman–Crippen LogP) is 1.51. The second kappa shape index (κ2) is 5.29. The molecule has 1 aromatic rings. The van der Waals surface area contributed by atoms with Gasteiger partial charge in [-0.15, -0.1) is 0 Å². The van der Waals surface area contributed by atoms with Crippen molar-refractivity contribution in [1.29, 1.82) is 0 Å². The second-order valence-corrected chi connectivity index (χ2v) is 3.13. The van der Waals surface area contributed by atoms with Crippen LogP contribution in [-0.4, -0.2) is 22.7 Å². The quantitative estimate of drug-likeness (QED) is 0.820. The molecule has 0 aliphatic rings. The monoisotopic (exact) mass is 211 g/mol. The number of halogens is 1. The van der Waals surface area contributed by atoms with Crippen molar-refractivity contribution >= 4 is 5.91 Å². The molecule has 0 saturated heterocycles. The van der Waals surface area contributed by atoms with Crippen LogP contribution in [0.25, 0.3) is 0 Å². The largest absolute Gasteiger partial charge is 0.355 e. The number of carbonyl (C=O) groups is 1. The lowest BCUT2D eigenvalue weighted by Gasteiger charge is -2.01. The Morgan fingerprint density at radius 3 is 3.00 bits per heavy atom. The maximum absolute atomic E-state index is 12.3. The van der Waals surface area contributed by atoms with Crippen LogP contribution in [0.15, 0.2) is 24.3 Å². The van der Waals surface area contributed by atoms with Crippen LogP contribution >= 0.6 is 0 Å². The normalized spacial score (nSPS) is 11.5. The van der Waals surface area contributed by atoms with Gasteiger partial charge in [0.25, 0.3) is 5.91 Å². The highest BCUT2D eigenvalue weighted by molar-refractivity contribution is 5.93. The highest BCUT2D eigenvalue weighted by Gasteiger charge is 2.06. The van der Waals surface area contributed by atoms with Gasteiger partial charge in [-0.3, -0.25) is 9.48 Å². The van der Waals surface area contributed by atoms with Crippen molar-refractivity contribution in [3.05, 3.63) is 29.9 Å².